The standard InChI is InChI=1S/2C3H7O4P.2ClH/c2*1-2-3-7-8(4,5)6;;/h2*2H,1,3H2,(H2,4,5,6);2*1H. The maximum absolute atomic E-state index is 9.81. The molecular weight excluding hydrogens is 333 g/mol. The lowest BCUT2D eigenvalue weighted by atomic mass is 10.7. The lowest BCUT2D eigenvalue weighted by Gasteiger charge is -1.98. The molecule has 0 atom stereocenters. The van der Waals surface area contributed by atoms with Crippen LogP contribution in [0, 0.1) is 0 Å². The summed E-state index contributed by atoms with van der Waals surface area (Å²) in [4.78, 5) is 32.0. The van der Waals surface area contributed by atoms with Crippen molar-refractivity contribution < 1.29 is 37.8 Å². The highest BCUT2D eigenvalue weighted by Gasteiger charge is 2.11. The second kappa shape index (κ2) is 13.7. The first-order valence-electron chi connectivity index (χ1n) is 3.74. The Morgan fingerprint density at radius 1 is 0.833 bits per heavy atom. The summed E-state index contributed by atoms with van der Waals surface area (Å²) < 4.78 is 27.5. The molecule has 0 rings (SSSR count). The van der Waals surface area contributed by atoms with E-state index >= 15 is 0 Å². The third kappa shape index (κ3) is 36.0. The highest BCUT2D eigenvalue weighted by atomic mass is 35.5. The molecule has 0 aromatic carbocycles. The molecule has 0 aliphatic rings. The van der Waals surface area contributed by atoms with E-state index in [2.05, 4.69) is 22.2 Å². The van der Waals surface area contributed by atoms with Crippen LogP contribution in [0.1, 0.15) is 0 Å². The van der Waals surface area contributed by atoms with E-state index in [1.54, 1.807) is 0 Å². The highest BCUT2D eigenvalue weighted by molar-refractivity contribution is 7.46. The first-order chi connectivity index (χ1) is 7.12. The maximum atomic E-state index is 9.81. The fourth-order valence-electron chi connectivity index (χ4n) is 0.300. The van der Waals surface area contributed by atoms with Crippen LogP contribution in [-0.2, 0) is 18.2 Å². The molecule has 0 saturated heterocycles. The third-order valence-corrected chi connectivity index (χ3v) is 1.69. The summed E-state index contributed by atoms with van der Waals surface area (Å²) in [5.74, 6) is 0. The average molecular weight is 349 g/mol. The smallest absolute Gasteiger partial charge is 0.303 e. The molecule has 0 aliphatic carbocycles. The molecule has 0 aliphatic heterocycles. The van der Waals surface area contributed by atoms with Gasteiger partial charge in [-0.15, -0.1) is 38.0 Å². The van der Waals surface area contributed by atoms with E-state index in [-0.39, 0.29) is 38.0 Å². The number of rotatable bonds is 6. The molecule has 0 radical (unpaired) electrons. The molecule has 0 fully saturated rings. The van der Waals surface area contributed by atoms with E-state index in [1.165, 1.54) is 12.2 Å². The van der Waals surface area contributed by atoms with Crippen LogP contribution in [0.5, 0.6) is 0 Å². The largest absolute Gasteiger partial charge is 0.469 e. The van der Waals surface area contributed by atoms with Crippen molar-refractivity contribution in [3.63, 3.8) is 0 Å². The minimum absolute atomic E-state index is 0. The van der Waals surface area contributed by atoms with Crippen LogP contribution >= 0.6 is 40.5 Å². The first kappa shape index (κ1) is 26.8. The molecule has 0 unspecified atom stereocenters. The van der Waals surface area contributed by atoms with Crippen molar-refractivity contribution >= 4 is 40.5 Å². The van der Waals surface area contributed by atoms with Gasteiger partial charge < -0.3 is 19.6 Å². The zero-order valence-electron chi connectivity index (χ0n) is 9.12. The summed E-state index contributed by atoms with van der Waals surface area (Å²) in [6, 6.07) is 0. The van der Waals surface area contributed by atoms with Crippen molar-refractivity contribution in [2.24, 2.45) is 0 Å². The van der Waals surface area contributed by atoms with Gasteiger partial charge in [0, 0.05) is 0 Å². The van der Waals surface area contributed by atoms with Crippen molar-refractivity contribution in [1.29, 1.82) is 0 Å². The fraction of sp³-hybridized carbons (Fsp3) is 0.333. The molecule has 4 N–H and O–H groups in total. The molecule has 18 heavy (non-hydrogen) atoms. The molecular formula is C6H16Cl2O8P2. The van der Waals surface area contributed by atoms with Crippen LogP contribution in [0.3, 0.4) is 0 Å². The summed E-state index contributed by atoms with van der Waals surface area (Å²) in [5, 5.41) is 0. The van der Waals surface area contributed by atoms with Gasteiger partial charge in [0.1, 0.15) is 0 Å². The number of phosphoric acid groups is 2. The topological polar surface area (TPSA) is 134 Å². The molecule has 0 spiro atoms. The Labute approximate surface area is 117 Å². The molecule has 0 aromatic rings. The minimum atomic E-state index is -4.25. The molecule has 112 valence electrons. The Balaban J connectivity index is -0.0000000980. The van der Waals surface area contributed by atoms with Gasteiger partial charge in [-0.25, -0.2) is 9.13 Å². The molecule has 8 nitrogen and oxygen atoms in total. The number of phosphoric ester groups is 2. The zero-order valence-corrected chi connectivity index (χ0v) is 12.5. The van der Waals surface area contributed by atoms with Crippen molar-refractivity contribution in [3.05, 3.63) is 25.3 Å². The number of hydrogen-bond acceptors (Lipinski definition) is 4. The van der Waals surface area contributed by atoms with Gasteiger partial charge in [-0.05, 0) is 0 Å². The minimum Gasteiger partial charge on any atom is -0.303 e. The number of hydrogen-bond donors (Lipinski definition) is 4. The van der Waals surface area contributed by atoms with Crippen molar-refractivity contribution in [1.82, 2.24) is 0 Å². The maximum Gasteiger partial charge on any atom is 0.469 e. The summed E-state index contributed by atoms with van der Waals surface area (Å²) in [7, 11) is -8.51. The predicted molar refractivity (Wildman–Crippen MR) is 70.9 cm³/mol. The Morgan fingerprint density at radius 3 is 1.11 bits per heavy atom. The van der Waals surface area contributed by atoms with Gasteiger partial charge in [0.05, 0.1) is 13.2 Å². The van der Waals surface area contributed by atoms with E-state index in [0.717, 1.165) is 0 Å². The van der Waals surface area contributed by atoms with E-state index in [0.29, 0.717) is 0 Å². The average Bonchev–Trinajstić information content (AvgIpc) is 2.10. The van der Waals surface area contributed by atoms with Crippen molar-refractivity contribution in [3.8, 4) is 0 Å². The zero-order chi connectivity index (χ0) is 13.2. The third-order valence-electron chi connectivity index (χ3n) is 0.721. The SMILES string of the molecule is C=CCOP(=O)(O)O.C=CCOP(=O)(O)O.Cl.Cl. The van der Waals surface area contributed by atoms with Gasteiger partial charge in [-0.1, -0.05) is 12.2 Å². The van der Waals surface area contributed by atoms with E-state index < -0.39 is 15.6 Å². The lowest BCUT2D eigenvalue weighted by molar-refractivity contribution is 0.214. The second-order valence-electron chi connectivity index (χ2n) is 2.15. The van der Waals surface area contributed by atoms with Gasteiger partial charge >= 0.3 is 15.6 Å². The van der Waals surface area contributed by atoms with Gasteiger partial charge in [-0.2, -0.15) is 0 Å². The number of halogens is 2. The summed E-state index contributed by atoms with van der Waals surface area (Å²) in [6.07, 6.45) is 2.53. The molecule has 0 bridgehead atoms. The summed E-state index contributed by atoms with van der Waals surface area (Å²) in [5.41, 5.74) is 0. The Bertz CT molecular complexity index is 268. The normalized spacial score (nSPS) is 10.0. The van der Waals surface area contributed by atoms with E-state index in [9.17, 15) is 9.13 Å². The second-order valence-corrected chi connectivity index (χ2v) is 4.63. The molecule has 0 aromatic heterocycles. The van der Waals surface area contributed by atoms with Gasteiger partial charge in [0.15, 0.2) is 0 Å². The predicted octanol–water partition coefficient (Wildman–Crippen LogP) is 1.41. The van der Waals surface area contributed by atoms with Crippen molar-refractivity contribution in [2.45, 2.75) is 0 Å². The van der Waals surface area contributed by atoms with Crippen LogP contribution in [0.25, 0.3) is 0 Å². The van der Waals surface area contributed by atoms with Gasteiger partial charge in [-0.3, -0.25) is 9.05 Å². The highest BCUT2D eigenvalue weighted by Crippen LogP contribution is 2.35. The quantitative estimate of drug-likeness (QED) is 0.418. The Morgan fingerprint density at radius 2 is 1.06 bits per heavy atom. The summed E-state index contributed by atoms with van der Waals surface area (Å²) >= 11 is 0. The Kier molecular flexibility index (Phi) is 20.4. The summed E-state index contributed by atoms with van der Waals surface area (Å²) in [6.45, 7) is 6.15. The van der Waals surface area contributed by atoms with E-state index in [4.69, 9.17) is 19.6 Å². The van der Waals surface area contributed by atoms with Crippen LogP contribution < -0.4 is 0 Å². The van der Waals surface area contributed by atoms with Gasteiger partial charge in [0.2, 0.25) is 0 Å². The van der Waals surface area contributed by atoms with Crippen LogP contribution in [0.2, 0.25) is 0 Å². The van der Waals surface area contributed by atoms with Crippen LogP contribution in [0.15, 0.2) is 25.3 Å². The fourth-order valence-corrected chi connectivity index (χ4v) is 0.899. The van der Waals surface area contributed by atoms with Crippen LogP contribution in [-0.4, -0.2) is 32.8 Å². The van der Waals surface area contributed by atoms with Crippen LogP contribution in [0.4, 0.5) is 0 Å². The van der Waals surface area contributed by atoms with E-state index in [1.807, 2.05) is 0 Å². The lowest BCUT2D eigenvalue weighted by Crippen LogP contribution is -1.86. The first-order valence-corrected chi connectivity index (χ1v) is 6.80. The molecule has 0 heterocycles. The molecule has 0 saturated carbocycles. The molecule has 12 heteroatoms. The van der Waals surface area contributed by atoms with Crippen molar-refractivity contribution in [2.75, 3.05) is 13.2 Å². The Hall–Kier alpha value is 0.280. The molecule has 0 amide bonds. The monoisotopic (exact) mass is 348 g/mol. The van der Waals surface area contributed by atoms with Gasteiger partial charge in [0.25, 0.3) is 0 Å².